The molecule has 0 radical (unpaired) electrons. The molecule has 0 bridgehead atoms. The summed E-state index contributed by atoms with van der Waals surface area (Å²) in [5, 5.41) is 9.13. The zero-order chi connectivity index (χ0) is 19.7. The van der Waals surface area contributed by atoms with Gasteiger partial charge in [-0.2, -0.15) is 4.98 Å². The van der Waals surface area contributed by atoms with Crippen molar-refractivity contribution in [3.63, 3.8) is 0 Å². The summed E-state index contributed by atoms with van der Waals surface area (Å²) >= 11 is 0. The Morgan fingerprint density at radius 3 is 2.43 bits per heavy atom. The van der Waals surface area contributed by atoms with Gasteiger partial charge in [-0.3, -0.25) is 29.7 Å². The highest BCUT2D eigenvalue weighted by molar-refractivity contribution is 6.05. The van der Waals surface area contributed by atoms with Crippen molar-refractivity contribution in [3.05, 3.63) is 30.1 Å². The van der Waals surface area contributed by atoms with E-state index in [4.69, 9.17) is 0 Å². The molecule has 146 valence electrons. The molecule has 0 spiro atoms. The molecule has 1 aliphatic carbocycles. The van der Waals surface area contributed by atoms with E-state index in [0.29, 0.717) is 11.4 Å². The van der Waals surface area contributed by atoms with Gasteiger partial charge < -0.3 is 0 Å². The second-order valence-corrected chi connectivity index (χ2v) is 7.14. The molecule has 2 heterocycles. The Bertz CT molecular complexity index is 887. The number of aromatic amines is 1. The number of rotatable bonds is 5. The van der Waals surface area contributed by atoms with Crippen molar-refractivity contribution in [1.29, 1.82) is 0 Å². The fourth-order valence-electron chi connectivity index (χ4n) is 3.91. The number of likely N-dealkylation sites (tertiary alicyclic amines) is 1. The maximum absolute atomic E-state index is 13.0. The van der Waals surface area contributed by atoms with E-state index in [1.54, 1.807) is 12.1 Å². The summed E-state index contributed by atoms with van der Waals surface area (Å²) in [5.41, 5.74) is 0.630. The first kappa shape index (κ1) is 18.3. The van der Waals surface area contributed by atoms with Crippen LogP contribution in [0.15, 0.2) is 24.3 Å². The molecule has 3 amide bonds. The van der Waals surface area contributed by atoms with E-state index in [-0.39, 0.29) is 54.3 Å². The lowest BCUT2D eigenvalue weighted by Gasteiger charge is -2.19. The van der Waals surface area contributed by atoms with E-state index < -0.39 is 0 Å². The van der Waals surface area contributed by atoms with E-state index in [1.807, 2.05) is 0 Å². The third-order valence-electron chi connectivity index (χ3n) is 5.35. The number of anilines is 1. The molecule has 2 aromatic rings. The molecule has 4 rings (SSSR count). The van der Waals surface area contributed by atoms with E-state index in [9.17, 15) is 18.8 Å². The summed E-state index contributed by atoms with van der Waals surface area (Å²) in [4.78, 5) is 42.4. The smallest absolute Gasteiger partial charge is 0.249 e. The second kappa shape index (κ2) is 7.49. The first-order valence-electron chi connectivity index (χ1n) is 9.36. The molecular weight excluding hydrogens is 365 g/mol. The predicted octanol–water partition coefficient (Wildman–Crippen LogP) is 2.11. The van der Waals surface area contributed by atoms with Crippen LogP contribution in [0.2, 0.25) is 0 Å². The van der Waals surface area contributed by atoms with Crippen LogP contribution in [0, 0.1) is 17.7 Å². The predicted molar refractivity (Wildman–Crippen MR) is 97.2 cm³/mol. The van der Waals surface area contributed by atoms with Crippen LogP contribution in [-0.2, 0) is 14.4 Å². The van der Waals surface area contributed by atoms with Gasteiger partial charge in [0.05, 0.1) is 11.8 Å². The number of nitrogens with zero attached hydrogens (tertiary/aromatic N) is 3. The van der Waals surface area contributed by atoms with Crippen molar-refractivity contribution in [2.75, 3.05) is 11.9 Å². The minimum absolute atomic E-state index is 0.0165. The Hall–Kier alpha value is -3.10. The lowest BCUT2D eigenvalue weighted by Crippen LogP contribution is -2.34. The number of aromatic nitrogens is 3. The Morgan fingerprint density at radius 2 is 1.79 bits per heavy atom. The van der Waals surface area contributed by atoms with Gasteiger partial charge in [0.2, 0.25) is 23.7 Å². The van der Waals surface area contributed by atoms with Gasteiger partial charge in [-0.05, 0) is 37.1 Å². The first-order valence-corrected chi connectivity index (χ1v) is 9.36. The topological polar surface area (TPSA) is 108 Å². The van der Waals surface area contributed by atoms with Crippen LogP contribution < -0.4 is 5.32 Å². The van der Waals surface area contributed by atoms with Gasteiger partial charge in [0, 0.05) is 18.5 Å². The largest absolute Gasteiger partial charge is 0.293 e. The van der Waals surface area contributed by atoms with Crippen LogP contribution in [0.5, 0.6) is 0 Å². The molecule has 2 fully saturated rings. The number of imide groups is 1. The number of benzene rings is 1. The summed E-state index contributed by atoms with van der Waals surface area (Å²) in [6.45, 7) is 0.0613. The van der Waals surface area contributed by atoms with E-state index >= 15 is 0 Å². The molecule has 2 aliphatic rings. The maximum Gasteiger partial charge on any atom is 0.249 e. The van der Waals surface area contributed by atoms with Gasteiger partial charge >= 0.3 is 0 Å². The highest BCUT2D eigenvalue weighted by Gasteiger charge is 2.47. The van der Waals surface area contributed by atoms with E-state index in [1.165, 1.54) is 17.0 Å². The lowest BCUT2D eigenvalue weighted by atomic mass is 9.81. The average Bonchev–Trinajstić information content (AvgIpc) is 3.25. The Kier molecular flexibility index (Phi) is 4.89. The van der Waals surface area contributed by atoms with Crippen molar-refractivity contribution in [3.8, 4) is 11.4 Å². The summed E-state index contributed by atoms with van der Waals surface area (Å²) < 4.78 is 13.0. The standard InChI is InChI=1S/C19H20FN5O3/c20-12-7-5-11(6-8-12)16-22-19(24-23-16)21-15(26)9-10-25-17(27)13-3-1-2-4-14(13)18(25)28/h5-8,13-14H,1-4,9-10H2,(H2,21,22,23,24,26)/t13-,14-/m0/s1. The van der Waals surface area contributed by atoms with Crippen molar-refractivity contribution in [2.24, 2.45) is 11.8 Å². The van der Waals surface area contributed by atoms with Gasteiger partial charge in [0.1, 0.15) is 5.82 Å². The quantitative estimate of drug-likeness (QED) is 0.767. The van der Waals surface area contributed by atoms with Crippen molar-refractivity contribution >= 4 is 23.7 Å². The SMILES string of the molecule is O=C(CCN1C(=O)[C@H]2CCCC[C@@H]2C1=O)Nc1n[nH]c(-c2ccc(F)cc2)n1. The molecule has 1 saturated carbocycles. The van der Waals surface area contributed by atoms with Gasteiger partial charge in [0.15, 0.2) is 5.82 Å². The maximum atomic E-state index is 13.0. The summed E-state index contributed by atoms with van der Waals surface area (Å²) in [7, 11) is 0. The van der Waals surface area contributed by atoms with Crippen LogP contribution in [0.1, 0.15) is 32.1 Å². The summed E-state index contributed by atoms with van der Waals surface area (Å²) in [5.74, 6) is -1.01. The molecule has 1 aromatic carbocycles. The van der Waals surface area contributed by atoms with Crippen LogP contribution in [0.25, 0.3) is 11.4 Å². The fraction of sp³-hybridized carbons (Fsp3) is 0.421. The van der Waals surface area contributed by atoms with E-state index in [0.717, 1.165) is 25.7 Å². The van der Waals surface area contributed by atoms with Crippen molar-refractivity contribution in [2.45, 2.75) is 32.1 Å². The average molecular weight is 385 g/mol. The van der Waals surface area contributed by atoms with E-state index in [2.05, 4.69) is 20.5 Å². The minimum Gasteiger partial charge on any atom is -0.293 e. The fourth-order valence-corrected chi connectivity index (χ4v) is 3.91. The summed E-state index contributed by atoms with van der Waals surface area (Å²) in [6, 6.07) is 5.70. The number of hydrogen-bond donors (Lipinski definition) is 2. The molecule has 1 saturated heterocycles. The highest BCUT2D eigenvalue weighted by atomic mass is 19.1. The van der Waals surface area contributed by atoms with Gasteiger partial charge in [-0.1, -0.05) is 12.8 Å². The second-order valence-electron chi connectivity index (χ2n) is 7.14. The van der Waals surface area contributed by atoms with Crippen LogP contribution >= 0.6 is 0 Å². The lowest BCUT2D eigenvalue weighted by molar-refractivity contribution is -0.140. The molecule has 2 atom stereocenters. The number of hydrogen-bond acceptors (Lipinski definition) is 5. The molecule has 0 unspecified atom stereocenters. The van der Waals surface area contributed by atoms with Gasteiger partial charge in [0.25, 0.3) is 0 Å². The number of halogens is 1. The molecule has 9 heteroatoms. The number of H-pyrrole nitrogens is 1. The zero-order valence-corrected chi connectivity index (χ0v) is 15.2. The van der Waals surface area contributed by atoms with Gasteiger partial charge in [-0.15, -0.1) is 5.10 Å². The molecule has 28 heavy (non-hydrogen) atoms. The van der Waals surface area contributed by atoms with Crippen LogP contribution in [0.3, 0.4) is 0 Å². The highest BCUT2D eigenvalue weighted by Crippen LogP contribution is 2.37. The zero-order valence-electron chi connectivity index (χ0n) is 15.2. The molecule has 2 N–H and O–H groups in total. The number of amides is 3. The summed E-state index contributed by atoms with van der Waals surface area (Å²) in [6.07, 6.45) is 3.42. The molecule has 1 aliphatic heterocycles. The third kappa shape index (κ3) is 3.51. The Balaban J connectivity index is 1.33. The Labute approximate surface area is 160 Å². The third-order valence-corrected chi connectivity index (χ3v) is 5.35. The number of carbonyl (C=O) groups is 3. The number of carbonyl (C=O) groups excluding carboxylic acids is 3. The van der Waals surface area contributed by atoms with Gasteiger partial charge in [-0.25, -0.2) is 4.39 Å². The monoisotopic (exact) mass is 385 g/mol. The number of nitrogens with one attached hydrogen (secondary N) is 2. The molecule has 8 nitrogen and oxygen atoms in total. The normalized spacial score (nSPS) is 21.7. The Morgan fingerprint density at radius 1 is 1.14 bits per heavy atom. The van der Waals surface area contributed by atoms with Crippen molar-refractivity contribution < 1.29 is 18.8 Å². The first-order chi connectivity index (χ1) is 13.5. The number of fused-ring (bicyclic) bond motifs is 1. The molecule has 1 aromatic heterocycles. The van der Waals surface area contributed by atoms with Crippen LogP contribution in [-0.4, -0.2) is 44.3 Å². The van der Waals surface area contributed by atoms with Crippen LogP contribution in [0.4, 0.5) is 10.3 Å². The molecular formula is C19H20FN5O3. The van der Waals surface area contributed by atoms with Crippen molar-refractivity contribution in [1.82, 2.24) is 20.1 Å². The minimum atomic E-state index is -0.389.